The highest BCUT2D eigenvalue weighted by Gasteiger charge is 2.31. The van der Waals surface area contributed by atoms with E-state index in [1.54, 1.807) is 12.1 Å². The van der Waals surface area contributed by atoms with Crippen LogP contribution in [-0.4, -0.2) is 23.0 Å². The van der Waals surface area contributed by atoms with E-state index in [4.69, 9.17) is 0 Å². The van der Waals surface area contributed by atoms with E-state index in [0.717, 1.165) is 37.7 Å². The molecule has 0 aromatic heterocycles. The molecule has 2 rings (SSSR count). The van der Waals surface area contributed by atoms with Crippen LogP contribution in [0.4, 0.5) is 0 Å². The second-order valence-corrected chi connectivity index (χ2v) is 7.51. The molecule has 0 unspecified atom stereocenters. The zero-order valence-corrected chi connectivity index (χ0v) is 14.3. The average Bonchev–Trinajstić information content (AvgIpc) is 2.52. The van der Waals surface area contributed by atoms with Gasteiger partial charge in [0.2, 0.25) is 0 Å². The van der Waals surface area contributed by atoms with Gasteiger partial charge in [0.05, 0.1) is 0 Å². The van der Waals surface area contributed by atoms with Crippen molar-refractivity contribution in [3.63, 3.8) is 0 Å². The van der Waals surface area contributed by atoms with Crippen molar-refractivity contribution in [3.8, 4) is 0 Å². The van der Waals surface area contributed by atoms with E-state index in [1.807, 2.05) is 12.1 Å². The van der Waals surface area contributed by atoms with Crippen LogP contribution in [-0.2, 0) is 10.2 Å². The van der Waals surface area contributed by atoms with Crippen molar-refractivity contribution in [1.29, 1.82) is 0 Å². The van der Waals surface area contributed by atoms with Crippen LogP contribution in [0.2, 0.25) is 0 Å². The molecule has 1 aromatic carbocycles. The molecule has 4 heteroatoms. The topological polar surface area (TPSA) is 66.4 Å². The number of amides is 1. The summed E-state index contributed by atoms with van der Waals surface area (Å²) in [7, 11) is 0. The minimum absolute atomic E-state index is 0.0285. The Morgan fingerprint density at radius 1 is 1.09 bits per heavy atom. The van der Waals surface area contributed by atoms with Crippen LogP contribution in [0.5, 0.6) is 0 Å². The smallest absolute Gasteiger partial charge is 0.326 e. The summed E-state index contributed by atoms with van der Waals surface area (Å²) < 4.78 is 0. The lowest BCUT2D eigenvalue weighted by Crippen LogP contribution is -2.46. The van der Waals surface area contributed by atoms with E-state index < -0.39 is 12.0 Å². The van der Waals surface area contributed by atoms with E-state index in [1.165, 1.54) is 0 Å². The first-order chi connectivity index (χ1) is 10.8. The third kappa shape index (κ3) is 4.57. The Morgan fingerprint density at radius 2 is 1.65 bits per heavy atom. The van der Waals surface area contributed by atoms with Crippen molar-refractivity contribution in [2.75, 3.05) is 0 Å². The van der Waals surface area contributed by atoms with Crippen molar-refractivity contribution in [3.05, 3.63) is 35.4 Å². The number of carboxylic acid groups (broad SMARTS) is 1. The maximum atomic E-state index is 12.4. The van der Waals surface area contributed by atoms with Crippen LogP contribution < -0.4 is 5.32 Å². The highest BCUT2D eigenvalue weighted by molar-refractivity contribution is 5.96. The van der Waals surface area contributed by atoms with Crippen molar-refractivity contribution < 1.29 is 14.7 Å². The molecule has 23 heavy (non-hydrogen) atoms. The van der Waals surface area contributed by atoms with Crippen LogP contribution in [0, 0.1) is 5.92 Å². The first kappa shape index (κ1) is 17.5. The average molecular weight is 317 g/mol. The molecule has 0 spiro atoms. The predicted octanol–water partition coefficient (Wildman–Crippen LogP) is 3.75. The fraction of sp³-hybridized carbons (Fsp3) is 0.579. The van der Waals surface area contributed by atoms with Gasteiger partial charge in [-0.1, -0.05) is 52.2 Å². The molecule has 1 aliphatic carbocycles. The second-order valence-electron chi connectivity index (χ2n) is 7.51. The van der Waals surface area contributed by atoms with Crippen LogP contribution in [0.3, 0.4) is 0 Å². The fourth-order valence-corrected chi connectivity index (χ4v) is 3.19. The van der Waals surface area contributed by atoms with Gasteiger partial charge in [0.25, 0.3) is 5.91 Å². The van der Waals surface area contributed by atoms with Crippen LogP contribution in [0.1, 0.15) is 68.8 Å². The number of carbonyl (C=O) groups is 2. The van der Waals surface area contributed by atoms with E-state index in [2.05, 4.69) is 26.1 Å². The Balaban J connectivity index is 2.07. The zero-order chi connectivity index (χ0) is 17.0. The molecule has 126 valence electrons. The van der Waals surface area contributed by atoms with Gasteiger partial charge in [-0.25, -0.2) is 4.79 Å². The lowest BCUT2D eigenvalue weighted by atomic mass is 9.83. The Hall–Kier alpha value is -1.84. The van der Waals surface area contributed by atoms with E-state index in [-0.39, 0.29) is 17.2 Å². The third-order valence-electron chi connectivity index (χ3n) is 4.69. The number of rotatable bonds is 4. The molecule has 4 nitrogen and oxygen atoms in total. The molecule has 0 bridgehead atoms. The largest absolute Gasteiger partial charge is 0.480 e. The normalized spacial score (nSPS) is 17.5. The predicted molar refractivity (Wildman–Crippen MR) is 90.6 cm³/mol. The van der Waals surface area contributed by atoms with Gasteiger partial charge in [-0.15, -0.1) is 0 Å². The van der Waals surface area contributed by atoms with Crippen molar-refractivity contribution in [2.24, 2.45) is 5.92 Å². The molecule has 0 heterocycles. The van der Waals surface area contributed by atoms with Crippen molar-refractivity contribution in [1.82, 2.24) is 5.32 Å². The highest BCUT2D eigenvalue weighted by atomic mass is 16.4. The highest BCUT2D eigenvalue weighted by Crippen LogP contribution is 2.27. The van der Waals surface area contributed by atoms with Gasteiger partial charge in [-0.2, -0.15) is 0 Å². The van der Waals surface area contributed by atoms with E-state index >= 15 is 0 Å². The fourth-order valence-electron chi connectivity index (χ4n) is 3.19. The maximum absolute atomic E-state index is 12.4. The van der Waals surface area contributed by atoms with Gasteiger partial charge < -0.3 is 10.4 Å². The summed E-state index contributed by atoms with van der Waals surface area (Å²) >= 11 is 0. The second kappa shape index (κ2) is 7.16. The number of hydrogen-bond acceptors (Lipinski definition) is 2. The molecule has 1 saturated carbocycles. The quantitative estimate of drug-likeness (QED) is 0.889. The number of benzene rings is 1. The van der Waals surface area contributed by atoms with Crippen LogP contribution in [0.15, 0.2) is 24.3 Å². The number of hydrogen-bond donors (Lipinski definition) is 2. The van der Waals surface area contributed by atoms with Crippen LogP contribution >= 0.6 is 0 Å². The van der Waals surface area contributed by atoms with Crippen molar-refractivity contribution >= 4 is 11.9 Å². The van der Waals surface area contributed by atoms with Gasteiger partial charge in [-0.05, 0) is 41.9 Å². The summed E-state index contributed by atoms with van der Waals surface area (Å²) in [4.78, 5) is 23.9. The summed E-state index contributed by atoms with van der Waals surface area (Å²) in [6, 6.07) is 6.63. The Bertz CT molecular complexity index is 551. The number of nitrogens with one attached hydrogen (secondary N) is 1. The van der Waals surface area contributed by atoms with Gasteiger partial charge >= 0.3 is 5.97 Å². The van der Waals surface area contributed by atoms with Crippen molar-refractivity contribution in [2.45, 2.75) is 64.3 Å². The lowest BCUT2D eigenvalue weighted by Gasteiger charge is -2.28. The summed E-state index contributed by atoms with van der Waals surface area (Å²) in [5.74, 6) is -1.20. The molecule has 0 radical (unpaired) electrons. The monoisotopic (exact) mass is 317 g/mol. The number of carbonyl (C=O) groups excluding carboxylic acids is 1. The summed E-state index contributed by atoms with van der Waals surface area (Å²) in [6.45, 7) is 6.35. The Morgan fingerprint density at radius 3 is 2.13 bits per heavy atom. The zero-order valence-electron chi connectivity index (χ0n) is 14.3. The Kier molecular flexibility index (Phi) is 5.45. The SMILES string of the molecule is CC(C)(C)c1ccc(C(=O)N[C@H](C(=O)O)C2CCCCC2)cc1. The minimum atomic E-state index is -0.934. The Labute approximate surface area is 138 Å². The lowest BCUT2D eigenvalue weighted by molar-refractivity contribution is -0.141. The van der Waals surface area contributed by atoms with Gasteiger partial charge in [-0.3, -0.25) is 4.79 Å². The van der Waals surface area contributed by atoms with E-state index in [9.17, 15) is 14.7 Å². The molecule has 0 aliphatic heterocycles. The van der Waals surface area contributed by atoms with Gasteiger partial charge in [0.15, 0.2) is 0 Å². The summed E-state index contributed by atoms with van der Waals surface area (Å²) in [5.41, 5.74) is 1.69. The molecular weight excluding hydrogens is 290 g/mol. The molecule has 1 aromatic rings. The maximum Gasteiger partial charge on any atom is 0.326 e. The first-order valence-corrected chi connectivity index (χ1v) is 8.43. The molecular formula is C19H27NO3. The molecule has 1 fully saturated rings. The summed E-state index contributed by atoms with van der Waals surface area (Å²) in [6.07, 6.45) is 5.00. The molecule has 0 saturated heterocycles. The third-order valence-corrected chi connectivity index (χ3v) is 4.69. The summed E-state index contributed by atoms with van der Waals surface area (Å²) in [5, 5.41) is 12.2. The van der Waals surface area contributed by atoms with E-state index in [0.29, 0.717) is 5.56 Å². The molecule has 2 N–H and O–H groups in total. The van der Waals surface area contributed by atoms with Gasteiger partial charge in [0.1, 0.15) is 6.04 Å². The molecule has 1 aliphatic rings. The standard InChI is InChI=1S/C19H27NO3/c1-19(2,3)15-11-9-14(10-12-15)17(21)20-16(18(22)23)13-7-5-4-6-8-13/h9-13,16H,4-8H2,1-3H3,(H,20,21)(H,22,23)/t16-/m0/s1. The van der Waals surface area contributed by atoms with Gasteiger partial charge in [0, 0.05) is 5.56 Å². The van der Waals surface area contributed by atoms with Crippen LogP contribution in [0.25, 0.3) is 0 Å². The number of aliphatic carboxylic acids is 1. The first-order valence-electron chi connectivity index (χ1n) is 8.43. The minimum Gasteiger partial charge on any atom is -0.480 e. The molecule has 1 amide bonds. The molecule has 1 atom stereocenters. The number of carboxylic acids is 1.